The number of carbonyl (C=O) groups is 2. The molecule has 28 heavy (non-hydrogen) atoms. The number of amides is 2. The Hall–Kier alpha value is -3.92. The van der Waals surface area contributed by atoms with E-state index in [1.165, 1.54) is 16.8 Å². The van der Waals surface area contributed by atoms with Gasteiger partial charge in [0.25, 0.3) is 5.91 Å². The Morgan fingerprint density at radius 1 is 1.14 bits per heavy atom. The topological polar surface area (TPSA) is 90.0 Å². The molecular formula is C21H17FN4O2. The van der Waals surface area contributed by atoms with E-state index in [1.807, 2.05) is 0 Å². The lowest BCUT2D eigenvalue weighted by Gasteiger charge is -2.00. The molecular weight excluding hydrogens is 359 g/mol. The van der Waals surface area contributed by atoms with Crippen molar-refractivity contribution < 1.29 is 14.0 Å². The van der Waals surface area contributed by atoms with Crippen LogP contribution < -0.4 is 11.1 Å². The van der Waals surface area contributed by atoms with Crippen LogP contribution in [-0.2, 0) is 7.05 Å². The van der Waals surface area contributed by atoms with E-state index < -0.39 is 5.91 Å². The lowest BCUT2D eigenvalue weighted by atomic mass is 10.1. The second-order valence-corrected chi connectivity index (χ2v) is 5.97. The minimum atomic E-state index is -0.497. The lowest BCUT2D eigenvalue weighted by molar-refractivity contribution is 0.0948. The fourth-order valence-electron chi connectivity index (χ4n) is 2.52. The highest BCUT2D eigenvalue weighted by Gasteiger charge is 2.13. The first-order valence-electron chi connectivity index (χ1n) is 8.41. The van der Waals surface area contributed by atoms with Crippen LogP contribution >= 0.6 is 0 Å². The van der Waals surface area contributed by atoms with E-state index in [0.717, 1.165) is 5.56 Å². The van der Waals surface area contributed by atoms with Crippen LogP contribution in [0, 0.1) is 17.7 Å². The van der Waals surface area contributed by atoms with Gasteiger partial charge in [-0.05, 0) is 54.6 Å². The van der Waals surface area contributed by atoms with Gasteiger partial charge in [-0.3, -0.25) is 14.3 Å². The third-order valence-electron chi connectivity index (χ3n) is 3.99. The van der Waals surface area contributed by atoms with Crippen LogP contribution in [0.4, 0.5) is 4.39 Å². The normalized spacial score (nSPS) is 10.1. The summed E-state index contributed by atoms with van der Waals surface area (Å²) in [5.41, 5.74) is 7.96. The smallest absolute Gasteiger partial charge is 0.270 e. The SMILES string of the molecule is Cn1nc(-c2ccc(F)cc2)cc1C(=O)NCC#Cc1ccc(C(N)=O)cc1. The molecule has 0 saturated heterocycles. The molecule has 0 bridgehead atoms. The van der Waals surface area contributed by atoms with Crippen LogP contribution in [0.3, 0.4) is 0 Å². The monoisotopic (exact) mass is 376 g/mol. The van der Waals surface area contributed by atoms with Crippen molar-refractivity contribution in [2.45, 2.75) is 0 Å². The van der Waals surface area contributed by atoms with E-state index in [1.54, 1.807) is 49.5 Å². The Morgan fingerprint density at radius 3 is 2.46 bits per heavy atom. The Balaban J connectivity index is 1.63. The summed E-state index contributed by atoms with van der Waals surface area (Å²) in [5, 5.41) is 7.00. The first-order chi connectivity index (χ1) is 13.4. The van der Waals surface area contributed by atoms with Crippen molar-refractivity contribution in [2.75, 3.05) is 6.54 Å². The van der Waals surface area contributed by atoms with Gasteiger partial charge in [-0.15, -0.1) is 0 Å². The molecule has 140 valence electrons. The summed E-state index contributed by atoms with van der Waals surface area (Å²) in [7, 11) is 1.66. The number of nitrogens with two attached hydrogens (primary N) is 1. The van der Waals surface area contributed by atoms with Crippen LogP contribution in [0.1, 0.15) is 26.4 Å². The molecule has 2 aromatic carbocycles. The number of aryl methyl sites for hydroxylation is 1. The minimum absolute atomic E-state index is 0.146. The summed E-state index contributed by atoms with van der Waals surface area (Å²) in [6, 6.07) is 14.1. The molecule has 0 aliphatic heterocycles. The van der Waals surface area contributed by atoms with Crippen LogP contribution in [-0.4, -0.2) is 28.1 Å². The molecule has 1 heterocycles. The lowest BCUT2D eigenvalue weighted by Crippen LogP contribution is -2.25. The molecule has 0 unspecified atom stereocenters. The van der Waals surface area contributed by atoms with Gasteiger partial charge in [0.1, 0.15) is 11.5 Å². The molecule has 3 rings (SSSR count). The van der Waals surface area contributed by atoms with Gasteiger partial charge >= 0.3 is 0 Å². The summed E-state index contributed by atoms with van der Waals surface area (Å²) in [5.74, 6) is 4.59. The summed E-state index contributed by atoms with van der Waals surface area (Å²) < 4.78 is 14.5. The van der Waals surface area contributed by atoms with Crippen molar-refractivity contribution in [1.29, 1.82) is 0 Å². The highest BCUT2D eigenvalue weighted by Crippen LogP contribution is 2.19. The fraction of sp³-hybridized carbons (Fsp3) is 0.0952. The van der Waals surface area contributed by atoms with Crippen molar-refractivity contribution in [3.05, 3.63) is 77.2 Å². The van der Waals surface area contributed by atoms with Crippen molar-refractivity contribution in [3.63, 3.8) is 0 Å². The van der Waals surface area contributed by atoms with Crippen LogP contribution in [0.2, 0.25) is 0 Å². The molecule has 0 aliphatic rings. The molecule has 0 spiro atoms. The van der Waals surface area contributed by atoms with E-state index >= 15 is 0 Å². The maximum Gasteiger partial charge on any atom is 0.270 e. The number of aromatic nitrogens is 2. The molecule has 0 aliphatic carbocycles. The van der Waals surface area contributed by atoms with Crippen molar-refractivity contribution in [1.82, 2.24) is 15.1 Å². The maximum absolute atomic E-state index is 13.0. The summed E-state index contributed by atoms with van der Waals surface area (Å²) in [4.78, 5) is 23.4. The quantitative estimate of drug-likeness (QED) is 0.684. The van der Waals surface area contributed by atoms with Gasteiger partial charge in [-0.1, -0.05) is 11.8 Å². The number of rotatable bonds is 4. The molecule has 6 nitrogen and oxygen atoms in total. The van der Waals surface area contributed by atoms with E-state index in [0.29, 0.717) is 22.5 Å². The third-order valence-corrected chi connectivity index (χ3v) is 3.99. The second-order valence-electron chi connectivity index (χ2n) is 5.97. The standard InChI is InChI=1S/C21H17FN4O2/c1-26-19(13-18(25-26)15-8-10-17(22)11-9-15)21(28)24-12-2-3-14-4-6-16(7-5-14)20(23)27/h4-11,13H,12H2,1H3,(H2,23,27)(H,24,28). The Labute approximate surface area is 161 Å². The van der Waals surface area contributed by atoms with E-state index in [2.05, 4.69) is 22.3 Å². The van der Waals surface area contributed by atoms with Gasteiger partial charge in [0, 0.05) is 23.7 Å². The Bertz CT molecular complexity index is 1070. The summed E-state index contributed by atoms with van der Waals surface area (Å²) in [6.45, 7) is 0.146. The number of nitrogens with zero attached hydrogens (tertiary/aromatic N) is 2. The molecule has 1 aromatic heterocycles. The van der Waals surface area contributed by atoms with Gasteiger partial charge in [0.05, 0.1) is 12.2 Å². The molecule has 7 heteroatoms. The summed E-state index contributed by atoms with van der Waals surface area (Å²) in [6.07, 6.45) is 0. The van der Waals surface area contributed by atoms with E-state index in [9.17, 15) is 14.0 Å². The molecule has 3 aromatic rings. The van der Waals surface area contributed by atoms with Gasteiger partial charge in [-0.2, -0.15) is 5.10 Å². The fourth-order valence-corrected chi connectivity index (χ4v) is 2.52. The number of hydrogen-bond donors (Lipinski definition) is 2. The van der Waals surface area contributed by atoms with Crippen LogP contribution in [0.25, 0.3) is 11.3 Å². The van der Waals surface area contributed by atoms with Crippen molar-refractivity contribution in [3.8, 4) is 23.1 Å². The number of halogens is 1. The zero-order chi connectivity index (χ0) is 20.1. The highest BCUT2D eigenvalue weighted by atomic mass is 19.1. The van der Waals surface area contributed by atoms with Crippen molar-refractivity contribution >= 4 is 11.8 Å². The first kappa shape index (κ1) is 18.9. The average molecular weight is 376 g/mol. The Morgan fingerprint density at radius 2 is 1.82 bits per heavy atom. The Kier molecular flexibility index (Phi) is 5.51. The number of primary amides is 1. The van der Waals surface area contributed by atoms with Gasteiger partial charge in [0.15, 0.2) is 0 Å². The van der Waals surface area contributed by atoms with Gasteiger partial charge in [0.2, 0.25) is 5.91 Å². The molecule has 0 radical (unpaired) electrons. The maximum atomic E-state index is 13.0. The minimum Gasteiger partial charge on any atom is -0.366 e. The molecule has 3 N–H and O–H groups in total. The number of hydrogen-bond acceptors (Lipinski definition) is 3. The average Bonchev–Trinajstić information content (AvgIpc) is 3.08. The third kappa shape index (κ3) is 4.43. The second kappa shape index (κ2) is 8.18. The van der Waals surface area contributed by atoms with Crippen molar-refractivity contribution in [2.24, 2.45) is 12.8 Å². The van der Waals surface area contributed by atoms with E-state index in [4.69, 9.17) is 5.73 Å². The van der Waals surface area contributed by atoms with Crippen LogP contribution in [0.15, 0.2) is 54.6 Å². The zero-order valence-electron chi connectivity index (χ0n) is 15.1. The zero-order valence-corrected chi connectivity index (χ0v) is 15.1. The van der Waals surface area contributed by atoms with Gasteiger partial charge < -0.3 is 11.1 Å². The molecule has 2 amide bonds. The van der Waals surface area contributed by atoms with Gasteiger partial charge in [-0.25, -0.2) is 4.39 Å². The largest absolute Gasteiger partial charge is 0.366 e. The number of benzene rings is 2. The van der Waals surface area contributed by atoms with Crippen LogP contribution in [0.5, 0.6) is 0 Å². The first-order valence-corrected chi connectivity index (χ1v) is 8.41. The number of carbonyl (C=O) groups excluding carboxylic acids is 2. The molecule has 0 saturated carbocycles. The molecule has 0 atom stereocenters. The molecule has 0 fully saturated rings. The predicted octanol–water partition coefficient (Wildman–Crippen LogP) is 2.11. The highest BCUT2D eigenvalue weighted by molar-refractivity contribution is 5.94. The number of nitrogens with one attached hydrogen (secondary N) is 1. The van der Waals surface area contributed by atoms with E-state index in [-0.39, 0.29) is 18.3 Å². The summed E-state index contributed by atoms with van der Waals surface area (Å²) >= 11 is 0. The predicted molar refractivity (Wildman–Crippen MR) is 103 cm³/mol.